The maximum atomic E-state index is 11.5. The summed E-state index contributed by atoms with van der Waals surface area (Å²) in [6.45, 7) is 0. The lowest BCUT2D eigenvalue weighted by Gasteiger charge is -2.06. The van der Waals surface area contributed by atoms with Crippen molar-refractivity contribution in [3.8, 4) is 5.69 Å². The van der Waals surface area contributed by atoms with Crippen molar-refractivity contribution in [1.82, 2.24) is 10.0 Å². The second-order valence-corrected chi connectivity index (χ2v) is 3.28. The van der Waals surface area contributed by atoms with Gasteiger partial charge in [-0.2, -0.15) is 0 Å². The van der Waals surface area contributed by atoms with Crippen LogP contribution in [0.15, 0.2) is 48.8 Å². The fourth-order valence-corrected chi connectivity index (χ4v) is 1.47. The normalized spacial score (nSPS) is 10.1. The minimum atomic E-state index is -0.253. The van der Waals surface area contributed by atoms with Gasteiger partial charge in [0.25, 0.3) is 5.91 Å². The molecular formula is C12H12N2O2. The maximum Gasteiger partial charge on any atom is 0.274 e. The van der Waals surface area contributed by atoms with Gasteiger partial charge in [0.1, 0.15) is 0 Å². The molecule has 0 fully saturated rings. The quantitative estimate of drug-likeness (QED) is 0.794. The zero-order valence-electron chi connectivity index (χ0n) is 8.88. The lowest BCUT2D eigenvalue weighted by Crippen LogP contribution is -2.21. The summed E-state index contributed by atoms with van der Waals surface area (Å²) in [6.07, 6.45) is 3.85. The first kappa shape index (κ1) is 10.4. The van der Waals surface area contributed by atoms with Gasteiger partial charge in [-0.1, -0.05) is 6.07 Å². The van der Waals surface area contributed by atoms with E-state index in [0.717, 1.165) is 5.69 Å². The highest BCUT2D eigenvalue weighted by molar-refractivity contribution is 5.93. The van der Waals surface area contributed by atoms with Crippen molar-refractivity contribution < 1.29 is 9.63 Å². The lowest BCUT2D eigenvalue weighted by molar-refractivity contribution is 0.0537. The number of nitrogens with zero attached hydrogens (tertiary/aromatic N) is 1. The number of nitrogens with one attached hydrogen (secondary N) is 1. The number of benzene rings is 1. The summed E-state index contributed by atoms with van der Waals surface area (Å²) in [6, 6.07) is 11.2. The first-order chi connectivity index (χ1) is 7.81. The summed E-state index contributed by atoms with van der Waals surface area (Å²) in [4.78, 5) is 16.1. The minimum Gasteiger partial charge on any atom is -0.324 e. The molecule has 16 heavy (non-hydrogen) atoms. The van der Waals surface area contributed by atoms with Crippen LogP contribution in [0.3, 0.4) is 0 Å². The molecule has 1 N–H and O–H groups in total. The van der Waals surface area contributed by atoms with Crippen LogP contribution in [0.2, 0.25) is 0 Å². The SMILES string of the molecule is CONC(=O)c1cccc(-n2cccc2)c1. The van der Waals surface area contributed by atoms with E-state index in [1.54, 1.807) is 12.1 Å². The molecule has 2 aromatic rings. The molecule has 0 aliphatic heterocycles. The highest BCUT2D eigenvalue weighted by atomic mass is 16.6. The van der Waals surface area contributed by atoms with Crippen molar-refractivity contribution >= 4 is 5.91 Å². The van der Waals surface area contributed by atoms with Crippen molar-refractivity contribution in [2.45, 2.75) is 0 Å². The van der Waals surface area contributed by atoms with Crippen molar-refractivity contribution in [1.29, 1.82) is 0 Å². The van der Waals surface area contributed by atoms with E-state index in [1.807, 2.05) is 41.2 Å². The van der Waals surface area contributed by atoms with Gasteiger partial charge in [-0.15, -0.1) is 0 Å². The number of rotatable bonds is 3. The molecule has 1 heterocycles. The molecule has 0 aliphatic rings. The van der Waals surface area contributed by atoms with Gasteiger partial charge in [0.15, 0.2) is 0 Å². The second-order valence-electron chi connectivity index (χ2n) is 3.28. The molecule has 0 radical (unpaired) electrons. The molecule has 4 heteroatoms. The molecule has 4 nitrogen and oxygen atoms in total. The fraction of sp³-hybridized carbons (Fsp3) is 0.0833. The van der Waals surface area contributed by atoms with Crippen LogP contribution in [-0.4, -0.2) is 17.6 Å². The summed E-state index contributed by atoms with van der Waals surface area (Å²) < 4.78 is 1.93. The van der Waals surface area contributed by atoms with Gasteiger partial charge in [0.2, 0.25) is 0 Å². The van der Waals surface area contributed by atoms with E-state index in [-0.39, 0.29) is 5.91 Å². The molecule has 0 atom stereocenters. The molecule has 0 saturated heterocycles. The number of hydrogen-bond donors (Lipinski definition) is 1. The minimum absolute atomic E-state index is 0.253. The molecule has 0 bridgehead atoms. The summed E-state index contributed by atoms with van der Waals surface area (Å²) in [7, 11) is 1.41. The van der Waals surface area contributed by atoms with Crippen molar-refractivity contribution in [2.24, 2.45) is 0 Å². The van der Waals surface area contributed by atoms with Gasteiger partial charge in [-0.3, -0.25) is 9.63 Å². The van der Waals surface area contributed by atoms with E-state index < -0.39 is 0 Å². The number of hydroxylamine groups is 1. The van der Waals surface area contributed by atoms with Gasteiger partial charge in [0, 0.05) is 23.6 Å². The Morgan fingerprint density at radius 2 is 2.00 bits per heavy atom. The van der Waals surface area contributed by atoms with Crippen LogP contribution in [0.5, 0.6) is 0 Å². The average Bonchev–Trinajstić information content (AvgIpc) is 2.83. The zero-order chi connectivity index (χ0) is 11.4. The molecular weight excluding hydrogens is 204 g/mol. The summed E-state index contributed by atoms with van der Waals surface area (Å²) in [5.74, 6) is -0.253. The highest BCUT2D eigenvalue weighted by Crippen LogP contribution is 2.10. The highest BCUT2D eigenvalue weighted by Gasteiger charge is 2.05. The Morgan fingerprint density at radius 3 is 2.69 bits per heavy atom. The molecule has 1 aromatic carbocycles. The number of amides is 1. The Balaban J connectivity index is 2.30. The van der Waals surface area contributed by atoms with E-state index >= 15 is 0 Å². The van der Waals surface area contributed by atoms with Crippen LogP contribution in [-0.2, 0) is 4.84 Å². The van der Waals surface area contributed by atoms with Crippen molar-refractivity contribution in [2.75, 3.05) is 7.11 Å². The molecule has 1 aromatic heterocycles. The largest absolute Gasteiger partial charge is 0.324 e. The summed E-state index contributed by atoms with van der Waals surface area (Å²) >= 11 is 0. The first-order valence-corrected chi connectivity index (χ1v) is 4.88. The molecule has 2 rings (SSSR count). The van der Waals surface area contributed by atoms with Gasteiger partial charge >= 0.3 is 0 Å². The Bertz CT molecular complexity index is 478. The smallest absolute Gasteiger partial charge is 0.274 e. The third kappa shape index (κ3) is 2.12. The summed E-state index contributed by atoms with van der Waals surface area (Å²) in [5.41, 5.74) is 3.79. The maximum absolute atomic E-state index is 11.5. The van der Waals surface area contributed by atoms with Crippen LogP contribution in [0, 0.1) is 0 Å². The van der Waals surface area contributed by atoms with E-state index in [9.17, 15) is 4.79 Å². The Kier molecular flexibility index (Phi) is 3.03. The van der Waals surface area contributed by atoms with E-state index in [2.05, 4.69) is 10.3 Å². The number of carbonyl (C=O) groups is 1. The fourth-order valence-electron chi connectivity index (χ4n) is 1.47. The van der Waals surface area contributed by atoms with Gasteiger partial charge in [-0.05, 0) is 30.3 Å². The predicted molar refractivity (Wildman–Crippen MR) is 60.2 cm³/mol. The van der Waals surface area contributed by atoms with Crippen LogP contribution in [0.25, 0.3) is 5.69 Å². The zero-order valence-corrected chi connectivity index (χ0v) is 8.88. The third-order valence-corrected chi connectivity index (χ3v) is 2.21. The van der Waals surface area contributed by atoms with E-state index in [0.29, 0.717) is 5.56 Å². The molecule has 0 aliphatic carbocycles. The third-order valence-electron chi connectivity index (χ3n) is 2.21. The molecule has 0 saturated carbocycles. The first-order valence-electron chi connectivity index (χ1n) is 4.88. The molecule has 0 spiro atoms. The average molecular weight is 216 g/mol. The van der Waals surface area contributed by atoms with Crippen molar-refractivity contribution in [3.05, 3.63) is 54.4 Å². The summed E-state index contributed by atoms with van der Waals surface area (Å²) in [5, 5.41) is 0. The topological polar surface area (TPSA) is 43.3 Å². The number of hydrogen-bond acceptors (Lipinski definition) is 2. The second kappa shape index (κ2) is 4.63. The monoisotopic (exact) mass is 216 g/mol. The number of aromatic nitrogens is 1. The van der Waals surface area contributed by atoms with Crippen molar-refractivity contribution in [3.63, 3.8) is 0 Å². The molecule has 1 amide bonds. The Labute approximate surface area is 93.4 Å². The predicted octanol–water partition coefficient (Wildman–Crippen LogP) is 1.77. The van der Waals surface area contributed by atoms with Crippen LogP contribution < -0.4 is 5.48 Å². The number of carbonyl (C=O) groups excluding carboxylic acids is 1. The van der Waals surface area contributed by atoms with Gasteiger partial charge in [-0.25, -0.2) is 5.48 Å². The lowest BCUT2D eigenvalue weighted by atomic mass is 10.2. The Hall–Kier alpha value is -2.07. The van der Waals surface area contributed by atoms with E-state index in [1.165, 1.54) is 7.11 Å². The molecule has 82 valence electrons. The van der Waals surface area contributed by atoms with Crippen LogP contribution >= 0.6 is 0 Å². The van der Waals surface area contributed by atoms with Crippen LogP contribution in [0.1, 0.15) is 10.4 Å². The van der Waals surface area contributed by atoms with Gasteiger partial charge < -0.3 is 4.57 Å². The molecule has 0 unspecified atom stereocenters. The standard InChI is InChI=1S/C12H12N2O2/c1-16-13-12(15)10-5-4-6-11(9-10)14-7-2-3-8-14/h2-9H,1H3,(H,13,15). The van der Waals surface area contributed by atoms with Gasteiger partial charge in [0.05, 0.1) is 7.11 Å². The Morgan fingerprint density at radius 1 is 1.25 bits per heavy atom. The van der Waals surface area contributed by atoms with Crippen LogP contribution in [0.4, 0.5) is 0 Å². The van der Waals surface area contributed by atoms with E-state index in [4.69, 9.17) is 0 Å².